The Morgan fingerprint density at radius 2 is 2.19 bits per heavy atom. The third-order valence-corrected chi connectivity index (χ3v) is 5.58. The third kappa shape index (κ3) is 4.79. The van der Waals surface area contributed by atoms with Crippen molar-refractivity contribution in [2.75, 3.05) is 44.9 Å². The molecule has 27 heavy (non-hydrogen) atoms. The molecular formula is C20H25N5OS. The number of likely N-dealkylation sites (N-methyl/N-ethyl adjacent to an activating group) is 1. The number of rotatable bonds is 3. The topological polar surface area (TPSA) is 60.5 Å². The van der Waals surface area contributed by atoms with Crippen LogP contribution in [0.1, 0.15) is 22.4 Å². The van der Waals surface area contributed by atoms with Crippen LogP contribution in [0.15, 0.2) is 24.4 Å². The molecule has 1 atom stereocenters. The summed E-state index contributed by atoms with van der Waals surface area (Å²) in [6, 6.07) is 6.43. The van der Waals surface area contributed by atoms with Gasteiger partial charge in [0.15, 0.2) is 5.13 Å². The summed E-state index contributed by atoms with van der Waals surface area (Å²) in [5.41, 5.74) is 3.14. The molecule has 0 aliphatic carbocycles. The molecule has 1 aromatic heterocycles. The molecule has 6 nitrogen and oxygen atoms in total. The molecule has 1 unspecified atom stereocenters. The van der Waals surface area contributed by atoms with E-state index < -0.39 is 0 Å². The van der Waals surface area contributed by atoms with E-state index in [1.807, 2.05) is 51.2 Å². The largest absolute Gasteiger partial charge is 0.388 e. The molecule has 1 aliphatic rings. The van der Waals surface area contributed by atoms with Gasteiger partial charge in [0.2, 0.25) is 0 Å². The van der Waals surface area contributed by atoms with Crippen LogP contribution in [-0.4, -0.2) is 61.1 Å². The van der Waals surface area contributed by atoms with Gasteiger partial charge in [-0.25, -0.2) is 9.78 Å². The third-order valence-electron chi connectivity index (χ3n) is 4.75. The molecule has 1 aromatic carbocycles. The van der Waals surface area contributed by atoms with Crippen molar-refractivity contribution in [3.05, 3.63) is 40.4 Å². The Morgan fingerprint density at radius 3 is 2.89 bits per heavy atom. The van der Waals surface area contributed by atoms with Gasteiger partial charge in [0.05, 0.1) is 11.1 Å². The molecule has 0 saturated carbocycles. The number of aryl methyl sites for hydroxylation is 1. The number of nitrogens with one attached hydrogen (secondary N) is 2. The molecule has 2 aromatic rings. The molecule has 1 fully saturated rings. The monoisotopic (exact) mass is 383 g/mol. The van der Waals surface area contributed by atoms with E-state index >= 15 is 0 Å². The Kier molecular flexibility index (Phi) is 5.99. The van der Waals surface area contributed by atoms with Gasteiger partial charge >= 0.3 is 6.03 Å². The molecular weight excluding hydrogens is 358 g/mol. The molecule has 1 saturated heterocycles. The lowest BCUT2D eigenvalue weighted by Gasteiger charge is -2.20. The highest BCUT2D eigenvalue weighted by Gasteiger charge is 2.27. The molecule has 2 N–H and O–H groups in total. The van der Waals surface area contributed by atoms with Crippen molar-refractivity contribution in [1.29, 1.82) is 0 Å². The number of nitrogens with zero attached hydrogens (tertiary/aromatic N) is 3. The molecule has 2 amide bonds. The number of hydrogen-bond donors (Lipinski definition) is 2. The number of urea groups is 1. The lowest BCUT2D eigenvalue weighted by Crippen LogP contribution is -2.36. The summed E-state index contributed by atoms with van der Waals surface area (Å²) in [7, 11) is 5.98. The zero-order chi connectivity index (χ0) is 19.4. The van der Waals surface area contributed by atoms with Gasteiger partial charge in [0.1, 0.15) is 0 Å². The second kappa shape index (κ2) is 8.42. The van der Waals surface area contributed by atoms with Crippen LogP contribution in [0.2, 0.25) is 0 Å². The van der Waals surface area contributed by atoms with Crippen molar-refractivity contribution >= 4 is 28.2 Å². The van der Waals surface area contributed by atoms with E-state index in [1.54, 1.807) is 6.20 Å². The fourth-order valence-corrected chi connectivity index (χ4v) is 3.61. The Labute approximate surface area is 164 Å². The van der Waals surface area contributed by atoms with Gasteiger partial charge in [-0.2, -0.15) is 0 Å². The minimum atomic E-state index is -0.0919. The highest BCUT2D eigenvalue weighted by Crippen LogP contribution is 2.20. The van der Waals surface area contributed by atoms with E-state index in [9.17, 15) is 4.79 Å². The summed E-state index contributed by atoms with van der Waals surface area (Å²) in [5, 5.41) is 6.59. The number of hydrogen-bond acceptors (Lipinski definition) is 5. The normalized spacial score (nSPS) is 16.2. The van der Waals surface area contributed by atoms with Crippen LogP contribution in [0.5, 0.6) is 0 Å². The minimum absolute atomic E-state index is 0.0919. The molecule has 7 heteroatoms. The van der Waals surface area contributed by atoms with Gasteiger partial charge in [0, 0.05) is 37.4 Å². The fraction of sp³-hybridized carbons (Fsp3) is 0.400. The van der Waals surface area contributed by atoms with E-state index in [0.717, 1.165) is 41.2 Å². The lowest BCUT2D eigenvalue weighted by atomic mass is 10.1. The van der Waals surface area contributed by atoms with Crippen LogP contribution in [0.3, 0.4) is 0 Å². The minimum Gasteiger partial charge on any atom is -0.388 e. The number of likely N-dealkylation sites (tertiary alicyclic amines) is 1. The summed E-state index contributed by atoms with van der Waals surface area (Å²) < 4.78 is 0. The first-order chi connectivity index (χ1) is 13.0. The summed E-state index contributed by atoms with van der Waals surface area (Å²) in [6.45, 7) is 3.56. The second-order valence-electron chi connectivity index (χ2n) is 6.84. The molecule has 0 spiro atoms. The van der Waals surface area contributed by atoms with Crippen LogP contribution >= 0.6 is 11.3 Å². The first kappa shape index (κ1) is 19.2. The number of anilines is 2. The Hall–Kier alpha value is -2.56. The first-order valence-electron chi connectivity index (χ1n) is 8.95. The van der Waals surface area contributed by atoms with Crippen molar-refractivity contribution < 1.29 is 4.79 Å². The molecule has 142 valence electrons. The highest BCUT2D eigenvalue weighted by molar-refractivity contribution is 7.16. The summed E-state index contributed by atoms with van der Waals surface area (Å²) >= 11 is 1.39. The van der Waals surface area contributed by atoms with Crippen molar-refractivity contribution in [2.45, 2.75) is 19.4 Å². The predicted octanol–water partition coefficient (Wildman–Crippen LogP) is 3.06. The number of carbonyl (C=O) groups is 1. The molecule has 0 radical (unpaired) electrons. The summed E-state index contributed by atoms with van der Waals surface area (Å²) in [6.07, 6.45) is 2.71. The van der Waals surface area contributed by atoms with Crippen molar-refractivity contribution in [3.8, 4) is 11.8 Å². The standard InChI is InChI=1S/C20H25N5OS/c1-14-5-7-16(21-2)11-15(14)6-8-18-12-22-19(27-18)23-20(26)25-10-9-17(13-25)24(3)4/h5,7,11-12,17,21H,9-10,13H2,1-4H3,(H,22,23,26). The van der Waals surface area contributed by atoms with Crippen LogP contribution in [0, 0.1) is 18.8 Å². The molecule has 1 aliphatic heterocycles. The summed E-state index contributed by atoms with van der Waals surface area (Å²) in [4.78, 5) is 21.5. The maximum absolute atomic E-state index is 12.4. The number of aromatic nitrogens is 1. The first-order valence-corrected chi connectivity index (χ1v) is 9.76. The molecule has 3 rings (SSSR count). The SMILES string of the molecule is CNc1ccc(C)c(C#Cc2cnc(NC(=O)N3CCC(N(C)C)C3)s2)c1. The number of amides is 2. The highest BCUT2D eigenvalue weighted by atomic mass is 32.1. The second-order valence-corrected chi connectivity index (χ2v) is 7.87. The maximum atomic E-state index is 12.4. The van der Waals surface area contributed by atoms with Crippen molar-refractivity contribution in [3.63, 3.8) is 0 Å². The maximum Gasteiger partial charge on any atom is 0.323 e. The predicted molar refractivity (Wildman–Crippen MR) is 112 cm³/mol. The van der Waals surface area contributed by atoms with Crippen LogP contribution in [-0.2, 0) is 0 Å². The van der Waals surface area contributed by atoms with Crippen LogP contribution in [0.25, 0.3) is 0 Å². The average Bonchev–Trinajstić information content (AvgIpc) is 3.30. The zero-order valence-electron chi connectivity index (χ0n) is 16.2. The number of thiazole rings is 1. The average molecular weight is 384 g/mol. The Balaban J connectivity index is 1.64. The number of benzene rings is 1. The Morgan fingerprint density at radius 1 is 1.37 bits per heavy atom. The van der Waals surface area contributed by atoms with Crippen molar-refractivity contribution in [2.24, 2.45) is 0 Å². The smallest absolute Gasteiger partial charge is 0.323 e. The van der Waals surface area contributed by atoms with Crippen molar-refractivity contribution in [1.82, 2.24) is 14.8 Å². The van der Waals surface area contributed by atoms with Gasteiger partial charge in [0.25, 0.3) is 0 Å². The van der Waals surface area contributed by atoms with E-state index in [1.165, 1.54) is 11.3 Å². The fourth-order valence-electron chi connectivity index (χ4n) is 2.95. The lowest BCUT2D eigenvalue weighted by molar-refractivity contribution is 0.216. The van der Waals surface area contributed by atoms with Gasteiger partial charge in [-0.15, -0.1) is 0 Å². The van der Waals surface area contributed by atoms with Gasteiger partial charge in [-0.05, 0) is 51.1 Å². The van der Waals surface area contributed by atoms with Gasteiger partial charge < -0.3 is 15.1 Å². The van der Waals surface area contributed by atoms with E-state index in [2.05, 4.69) is 32.4 Å². The van der Waals surface area contributed by atoms with E-state index in [0.29, 0.717) is 11.2 Å². The van der Waals surface area contributed by atoms with Gasteiger partial charge in [-0.1, -0.05) is 23.3 Å². The molecule has 2 heterocycles. The van der Waals surface area contributed by atoms with Gasteiger partial charge in [-0.3, -0.25) is 5.32 Å². The number of carbonyl (C=O) groups excluding carboxylic acids is 1. The van der Waals surface area contributed by atoms with Crippen LogP contribution in [0.4, 0.5) is 15.6 Å². The van der Waals surface area contributed by atoms with E-state index in [4.69, 9.17) is 0 Å². The Bertz CT molecular complexity index is 880. The van der Waals surface area contributed by atoms with Crippen LogP contribution < -0.4 is 10.6 Å². The molecule has 0 bridgehead atoms. The quantitative estimate of drug-likeness (QED) is 0.800. The van der Waals surface area contributed by atoms with E-state index in [-0.39, 0.29) is 6.03 Å². The zero-order valence-corrected chi connectivity index (χ0v) is 17.0. The summed E-state index contributed by atoms with van der Waals surface area (Å²) in [5.74, 6) is 6.34.